The lowest BCUT2D eigenvalue weighted by Gasteiger charge is -2.39. The molecule has 1 heterocycles. The Labute approximate surface area is 404 Å². The van der Waals surface area contributed by atoms with E-state index >= 15 is 0 Å². The minimum atomic E-state index is -1.54. The van der Waals surface area contributed by atoms with E-state index in [0.29, 0.717) is 13.0 Å². The molecule has 0 saturated carbocycles. The van der Waals surface area contributed by atoms with E-state index in [1.807, 2.05) is 0 Å². The highest BCUT2D eigenvalue weighted by Gasteiger charge is 2.44. The van der Waals surface area contributed by atoms with Crippen LogP contribution in [0.2, 0.25) is 0 Å². The van der Waals surface area contributed by atoms with Crippen LogP contribution in [0.25, 0.3) is 0 Å². The van der Waals surface area contributed by atoms with Crippen LogP contribution in [0.5, 0.6) is 0 Å². The second-order valence-corrected chi connectivity index (χ2v) is 18.3. The smallest absolute Gasteiger partial charge is 0.306 e. The first-order chi connectivity index (χ1) is 32.4. The molecule has 66 heavy (non-hydrogen) atoms. The van der Waals surface area contributed by atoms with Crippen molar-refractivity contribution in [1.82, 2.24) is 0 Å². The van der Waals surface area contributed by atoms with Crippen molar-refractivity contribution in [2.45, 2.75) is 256 Å². The zero-order valence-corrected chi connectivity index (χ0v) is 42.2. The number of ether oxygens (including phenoxy) is 4. The first-order valence-electron chi connectivity index (χ1n) is 27.0. The standard InChI is InChI=1S/C57H100O9/c1-3-5-7-9-11-13-15-17-19-21-23-25-26-27-28-30-32-34-36-38-40-42-44-46-53(59)65-51(50-64-57-56(62)55(61)54(60)52(48-58)66-57)49-63-47-45-43-41-39-37-35-33-31-29-24-22-20-18-16-14-12-10-8-6-4-2/h5,7,11,13,17-20,23,25,27-28,51-52,54-58,60-62H,3-4,6,8-10,12,14-16,21-22,24,26,29-50H2,1-2H3/b7-5-,13-11-,19-17-,20-18-,25-23-,28-27-. The highest BCUT2D eigenvalue weighted by Crippen LogP contribution is 2.23. The third-order valence-corrected chi connectivity index (χ3v) is 12.1. The van der Waals surface area contributed by atoms with Crippen molar-refractivity contribution in [3.63, 3.8) is 0 Å². The van der Waals surface area contributed by atoms with E-state index in [-0.39, 0.29) is 19.2 Å². The number of aliphatic hydroxyl groups is 4. The maximum absolute atomic E-state index is 12.9. The summed E-state index contributed by atoms with van der Waals surface area (Å²) in [5, 5.41) is 40.3. The molecule has 0 amide bonds. The first kappa shape index (κ1) is 61.6. The van der Waals surface area contributed by atoms with Crippen LogP contribution < -0.4 is 0 Å². The predicted molar refractivity (Wildman–Crippen MR) is 274 cm³/mol. The average Bonchev–Trinajstić information content (AvgIpc) is 3.32. The quantitative estimate of drug-likeness (QED) is 0.0267. The van der Waals surface area contributed by atoms with E-state index in [1.165, 1.54) is 122 Å². The minimum absolute atomic E-state index is 0.121. The number of carbonyl (C=O) groups is 1. The Morgan fingerprint density at radius 3 is 1.41 bits per heavy atom. The lowest BCUT2D eigenvalue weighted by Crippen LogP contribution is -2.59. The molecule has 9 nitrogen and oxygen atoms in total. The molecule has 0 aromatic carbocycles. The first-order valence-corrected chi connectivity index (χ1v) is 27.0. The number of aliphatic hydroxyl groups excluding tert-OH is 4. The Kier molecular flexibility index (Phi) is 44.5. The highest BCUT2D eigenvalue weighted by atomic mass is 16.7. The van der Waals surface area contributed by atoms with Gasteiger partial charge in [-0.15, -0.1) is 0 Å². The third kappa shape index (κ3) is 37.6. The topological polar surface area (TPSA) is 135 Å². The number of carbonyl (C=O) groups excluding carboxylic acids is 1. The van der Waals surface area contributed by atoms with Gasteiger partial charge in [-0.1, -0.05) is 202 Å². The number of esters is 1. The summed E-state index contributed by atoms with van der Waals surface area (Å²) in [6.45, 7) is 4.44. The average molecular weight is 929 g/mol. The largest absolute Gasteiger partial charge is 0.457 e. The van der Waals surface area contributed by atoms with Crippen LogP contribution in [0.1, 0.15) is 219 Å². The summed E-state index contributed by atoms with van der Waals surface area (Å²) in [7, 11) is 0. The van der Waals surface area contributed by atoms with Gasteiger partial charge in [-0.3, -0.25) is 4.79 Å². The molecule has 0 radical (unpaired) electrons. The minimum Gasteiger partial charge on any atom is -0.457 e. The van der Waals surface area contributed by atoms with Crippen molar-refractivity contribution < 1.29 is 44.2 Å². The van der Waals surface area contributed by atoms with E-state index in [9.17, 15) is 25.2 Å². The summed E-state index contributed by atoms with van der Waals surface area (Å²) in [4.78, 5) is 12.9. The third-order valence-electron chi connectivity index (χ3n) is 12.1. The van der Waals surface area contributed by atoms with Gasteiger partial charge >= 0.3 is 5.97 Å². The van der Waals surface area contributed by atoms with Crippen LogP contribution in [-0.4, -0.2) is 89.6 Å². The van der Waals surface area contributed by atoms with Gasteiger partial charge in [0.1, 0.15) is 30.5 Å². The molecule has 1 saturated heterocycles. The van der Waals surface area contributed by atoms with Crippen LogP contribution in [-0.2, 0) is 23.7 Å². The molecule has 0 aromatic rings. The molecule has 9 heteroatoms. The number of hydrogen-bond donors (Lipinski definition) is 4. The molecule has 0 aromatic heterocycles. The van der Waals surface area contributed by atoms with Crippen LogP contribution in [0, 0.1) is 0 Å². The second-order valence-electron chi connectivity index (χ2n) is 18.3. The van der Waals surface area contributed by atoms with E-state index in [1.54, 1.807) is 0 Å². The SMILES string of the molecule is CC/C=C\C/C=C\C/C=C\C/C=C\C/C=C\CCCCCCCCCC(=O)OC(COCCCCCCCCCCCC/C=C\CCCCCCCC)COC1OC(CO)C(O)C(O)C1O. The Balaban J connectivity index is 2.20. The predicted octanol–water partition coefficient (Wildman–Crippen LogP) is 13.6. The summed E-state index contributed by atoms with van der Waals surface area (Å²) in [5.41, 5.74) is 0. The van der Waals surface area contributed by atoms with Crippen LogP contribution >= 0.6 is 0 Å². The summed E-state index contributed by atoms with van der Waals surface area (Å²) < 4.78 is 22.9. The summed E-state index contributed by atoms with van der Waals surface area (Å²) in [5.74, 6) is -0.325. The Morgan fingerprint density at radius 2 is 0.924 bits per heavy atom. The molecular weight excluding hydrogens is 829 g/mol. The molecule has 6 unspecified atom stereocenters. The Morgan fingerprint density at radius 1 is 0.500 bits per heavy atom. The van der Waals surface area contributed by atoms with E-state index in [4.69, 9.17) is 18.9 Å². The fourth-order valence-electron chi connectivity index (χ4n) is 7.93. The monoisotopic (exact) mass is 929 g/mol. The van der Waals surface area contributed by atoms with Crippen LogP contribution in [0.15, 0.2) is 72.9 Å². The summed E-state index contributed by atoms with van der Waals surface area (Å²) in [6.07, 6.45) is 56.5. The molecule has 6 atom stereocenters. The van der Waals surface area contributed by atoms with Crippen LogP contribution in [0.3, 0.4) is 0 Å². The van der Waals surface area contributed by atoms with Crippen molar-refractivity contribution in [1.29, 1.82) is 0 Å². The number of unbranched alkanes of at least 4 members (excludes halogenated alkanes) is 23. The van der Waals surface area contributed by atoms with E-state index in [0.717, 1.165) is 77.0 Å². The maximum Gasteiger partial charge on any atom is 0.306 e. The number of rotatable bonds is 46. The van der Waals surface area contributed by atoms with Gasteiger partial charge in [-0.05, 0) is 83.5 Å². The molecule has 4 N–H and O–H groups in total. The van der Waals surface area contributed by atoms with Crippen molar-refractivity contribution in [2.75, 3.05) is 26.4 Å². The van der Waals surface area contributed by atoms with Gasteiger partial charge in [0.15, 0.2) is 6.29 Å². The Hall–Kier alpha value is -2.37. The van der Waals surface area contributed by atoms with Crippen molar-refractivity contribution >= 4 is 5.97 Å². The maximum atomic E-state index is 12.9. The van der Waals surface area contributed by atoms with Gasteiger partial charge in [0.25, 0.3) is 0 Å². The van der Waals surface area contributed by atoms with Crippen molar-refractivity contribution in [3.05, 3.63) is 72.9 Å². The number of hydrogen-bond acceptors (Lipinski definition) is 9. The van der Waals surface area contributed by atoms with Gasteiger partial charge < -0.3 is 39.4 Å². The Bertz CT molecular complexity index is 1240. The summed E-state index contributed by atoms with van der Waals surface area (Å²) in [6, 6.07) is 0. The molecule has 1 fully saturated rings. The highest BCUT2D eigenvalue weighted by molar-refractivity contribution is 5.69. The fourth-order valence-corrected chi connectivity index (χ4v) is 7.93. The van der Waals surface area contributed by atoms with Gasteiger partial charge in [0.2, 0.25) is 0 Å². The van der Waals surface area contributed by atoms with E-state index in [2.05, 4.69) is 86.8 Å². The zero-order valence-electron chi connectivity index (χ0n) is 42.2. The molecule has 0 bridgehead atoms. The van der Waals surface area contributed by atoms with Gasteiger partial charge in [0.05, 0.1) is 19.8 Å². The van der Waals surface area contributed by atoms with Crippen molar-refractivity contribution in [2.24, 2.45) is 0 Å². The van der Waals surface area contributed by atoms with Crippen LogP contribution in [0.4, 0.5) is 0 Å². The molecule has 1 aliphatic heterocycles. The fraction of sp³-hybridized carbons (Fsp3) is 0.772. The second kappa shape index (κ2) is 47.7. The lowest BCUT2D eigenvalue weighted by atomic mass is 9.99. The molecule has 0 spiro atoms. The zero-order chi connectivity index (χ0) is 47.8. The van der Waals surface area contributed by atoms with Gasteiger partial charge in [-0.2, -0.15) is 0 Å². The lowest BCUT2D eigenvalue weighted by molar-refractivity contribution is -0.305. The summed E-state index contributed by atoms with van der Waals surface area (Å²) >= 11 is 0. The van der Waals surface area contributed by atoms with Gasteiger partial charge in [0, 0.05) is 13.0 Å². The molecule has 0 aliphatic carbocycles. The molecular formula is C57H100O9. The normalized spacial score (nSPS) is 19.9. The number of allylic oxidation sites excluding steroid dienone is 12. The van der Waals surface area contributed by atoms with Gasteiger partial charge in [-0.25, -0.2) is 0 Å². The van der Waals surface area contributed by atoms with Crippen molar-refractivity contribution in [3.8, 4) is 0 Å². The molecule has 382 valence electrons. The molecule has 1 rings (SSSR count). The molecule has 1 aliphatic rings. The van der Waals surface area contributed by atoms with E-state index < -0.39 is 43.4 Å².